The lowest BCUT2D eigenvalue weighted by Crippen LogP contribution is -2.00. The maximum atomic E-state index is 5.37. The molecule has 0 aliphatic carbocycles. The molecular formula is C7H12N4S2. The molecule has 1 rings (SSSR count). The number of hydrogen-bond acceptors (Lipinski definition) is 6. The predicted molar refractivity (Wildman–Crippen MR) is 58.4 cm³/mol. The van der Waals surface area contributed by atoms with Crippen LogP contribution < -0.4 is 11.1 Å². The van der Waals surface area contributed by atoms with Gasteiger partial charge in [0.15, 0.2) is 4.34 Å². The number of nitrogens with two attached hydrogens (primary N) is 1. The topological polar surface area (TPSA) is 63.8 Å². The molecule has 3 N–H and O–H groups in total. The van der Waals surface area contributed by atoms with Gasteiger partial charge in [-0.3, -0.25) is 0 Å². The number of nitrogens with zero attached hydrogens (tertiary/aromatic N) is 2. The molecule has 1 aromatic heterocycles. The Labute approximate surface area is 85.6 Å². The fraction of sp³-hybridized carbons (Fsp3) is 0.429. The molecule has 13 heavy (non-hydrogen) atoms. The summed E-state index contributed by atoms with van der Waals surface area (Å²) in [6.45, 7) is 4.99. The predicted octanol–water partition coefficient (Wildman–Crippen LogP) is 1.19. The van der Waals surface area contributed by atoms with E-state index in [0.717, 1.165) is 21.8 Å². The largest absolute Gasteiger partial charge is 0.357 e. The fourth-order valence-corrected chi connectivity index (χ4v) is 2.24. The van der Waals surface area contributed by atoms with E-state index in [1.807, 2.05) is 0 Å². The summed E-state index contributed by atoms with van der Waals surface area (Å²) in [5.74, 6) is 0.885. The number of nitrogens with one attached hydrogen (secondary N) is 1. The summed E-state index contributed by atoms with van der Waals surface area (Å²) in [5.41, 5.74) is 5.37. The van der Waals surface area contributed by atoms with Crippen molar-refractivity contribution < 1.29 is 0 Å². The number of aromatic nitrogens is 2. The molecule has 1 aromatic rings. The summed E-state index contributed by atoms with van der Waals surface area (Å²) in [6, 6.07) is 0. The van der Waals surface area contributed by atoms with Gasteiger partial charge in [0.2, 0.25) is 5.13 Å². The van der Waals surface area contributed by atoms with E-state index in [1.54, 1.807) is 17.8 Å². The van der Waals surface area contributed by atoms with Crippen LogP contribution in [0.1, 0.15) is 0 Å². The number of hydrogen-bond donors (Lipinski definition) is 2. The highest BCUT2D eigenvalue weighted by molar-refractivity contribution is 8.01. The average Bonchev–Trinajstić information content (AvgIpc) is 2.59. The van der Waals surface area contributed by atoms with E-state index in [0.29, 0.717) is 6.54 Å². The van der Waals surface area contributed by atoms with Gasteiger partial charge in [-0.15, -0.1) is 16.8 Å². The maximum Gasteiger partial charge on any atom is 0.206 e. The van der Waals surface area contributed by atoms with Gasteiger partial charge in [0.05, 0.1) is 0 Å². The third kappa shape index (κ3) is 3.75. The Bertz CT molecular complexity index is 261. The van der Waals surface area contributed by atoms with Crippen LogP contribution in [0.4, 0.5) is 5.13 Å². The van der Waals surface area contributed by atoms with Gasteiger partial charge in [-0.05, 0) is 0 Å². The van der Waals surface area contributed by atoms with Crippen LogP contribution in [0, 0.1) is 0 Å². The van der Waals surface area contributed by atoms with Gasteiger partial charge in [-0.1, -0.05) is 29.2 Å². The van der Waals surface area contributed by atoms with Crippen LogP contribution in [0.2, 0.25) is 0 Å². The third-order valence-corrected chi connectivity index (χ3v) is 3.20. The first kappa shape index (κ1) is 10.5. The molecule has 0 spiro atoms. The highest BCUT2D eigenvalue weighted by Gasteiger charge is 2.02. The molecule has 0 radical (unpaired) electrons. The molecule has 0 aliphatic rings. The zero-order valence-corrected chi connectivity index (χ0v) is 8.83. The van der Waals surface area contributed by atoms with Crippen molar-refractivity contribution >= 4 is 28.2 Å². The lowest BCUT2D eigenvalue weighted by atomic mass is 10.6. The van der Waals surface area contributed by atoms with Gasteiger partial charge in [0.1, 0.15) is 0 Å². The molecule has 0 saturated carbocycles. The van der Waals surface area contributed by atoms with Crippen molar-refractivity contribution in [2.45, 2.75) is 4.34 Å². The molecule has 4 nitrogen and oxygen atoms in total. The fourth-order valence-electron chi connectivity index (χ4n) is 0.645. The van der Waals surface area contributed by atoms with E-state index in [9.17, 15) is 0 Å². The lowest BCUT2D eigenvalue weighted by molar-refractivity contribution is 1.00. The Balaban J connectivity index is 2.38. The van der Waals surface area contributed by atoms with Gasteiger partial charge < -0.3 is 11.1 Å². The van der Waals surface area contributed by atoms with Crippen LogP contribution in [0.3, 0.4) is 0 Å². The van der Waals surface area contributed by atoms with Gasteiger partial charge in [-0.2, -0.15) is 0 Å². The number of rotatable bonds is 6. The normalized spacial score (nSPS) is 9.92. The summed E-state index contributed by atoms with van der Waals surface area (Å²) in [7, 11) is 0. The quantitative estimate of drug-likeness (QED) is 0.552. The molecule has 72 valence electrons. The summed E-state index contributed by atoms with van der Waals surface area (Å²) in [5, 5.41) is 11.8. The third-order valence-electron chi connectivity index (χ3n) is 1.15. The molecule has 0 amide bonds. The Morgan fingerprint density at radius 2 is 2.46 bits per heavy atom. The van der Waals surface area contributed by atoms with E-state index in [2.05, 4.69) is 22.1 Å². The highest BCUT2D eigenvalue weighted by Crippen LogP contribution is 2.24. The minimum Gasteiger partial charge on any atom is -0.357 e. The zero-order valence-electron chi connectivity index (χ0n) is 7.19. The first-order chi connectivity index (χ1) is 6.36. The molecule has 0 saturated heterocycles. The Morgan fingerprint density at radius 1 is 1.62 bits per heavy atom. The second-order valence-corrected chi connectivity index (χ2v) is 4.50. The van der Waals surface area contributed by atoms with Crippen molar-refractivity contribution in [1.82, 2.24) is 10.2 Å². The zero-order chi connectivity index (χ0) is 9.52. The van der Waals surface area contributed by atoms with Crippen LogP contribution in [0.25, 0.3) is 0 Å². The minimum absolute atomic E-state index is 0.666. The monoisotopic (exact) mass is 216 g/mol. The van der Waals surface area contributed by atoms with Crippen molar-refractivity contribution in [3.63, 3.8) is 0 Å². The first-order valence-electron chi connectivity index (χ1n) is 3.88. The molecule has 6 heteroatoms. The van der Waals surface area contributed by atoms with E-state index in [1.165, 1.54) is 11.3 Å². The lowest BCUT2D eigenvalue weighted by Gasteiger charge is -1.93. The Kier molecular flexibility index (Phi) is 4.81. The number of anilines is 1. The molecule has 0 unspecified atom stereocenters. The van der Waals surface area contributed by atoms with Crippen molar-refractivity contribution in [3.05, 3.63) is 12.7 Å². The standard InChI is InChI=1S/C7H12N4S2/c1-2-4-9-6-10-11-7(13-6)12-5-3-8/h2H,1,3-5,8H2,(H,9,10). The van der Waals surface area contributed by atoms with E-state index in [-0.39, 0.29) is 0 Å². The van der Waals surface area contributed by atoms with Crippen molar-refractivity contribution in [2.24, 2.45) is 5.73 Å². The molecule has 0 bridgehead atoms. The van der Waals surface area contributed by atoms with E-state index in [4.69, 9.17) is 5.73 Å². The van der Waals surface area contributed by atoms with Crippen LogP contribution in [-0.4, -0.2) is 29.0 Å². The molecule has 0 aromatic carbocycles. The van der Waals surface area contributed by atoms with Gasteiger partial charge in [-0.25, -0.2) is 0 Å². The molecule has 0 atom stereocenters. The number of thioether (sulfide) groups is 1. The summed E-state index contributed by atoms with van der Waals surface area (Å²) >= 11 is 3.17. The van der Waals surface area contributed by atoms with Gasteiger partial charge in [0.25, 0.3) is 0 Å². The summed E-state index contributed by atoms with van der Waals surface area (Å²) in [4.78, 5) is 0. The highest BCUT2D eigenvalue weighted by atomic mass is 32.2. The molecule has 1 heterocycles. The van der Waals surface area contributed by atoms with Crippen LogP contribution >= 0.6 is 23.1 Å². The van der Waals surface area contributed by atoms with E-state index < -0.39 is 0 Å². The van der Waals surface area contributed by atoms with Crippen molar-refractivity contribution in [1.29, 1.82) is 0 Å². The van der Waals surface area contributed by atoms with Crippen molar-refractivity contribution in [3.8, 4) is 0 Å². The van der Waals surface area contributed by atoms with Gasteiger partial charge >= 0.3 is 0 Å². The molecule has 0 aliphatic heterocycles. The Morgan fingerprint density at radius 3 is 3.15 bits per heavy atom. The second kappa shape index (κ2) is 5.95. The minimum atomic E-state index is 0.666. The van der Waals surface area contributed by atoms with Crippen LogP contribution in [0.15, 0.2) is 17.0 Å². The maximum absolute atomic E-state index is 5.37. The summed E-state index contributed by atoms with van der Waals surface area (Å²) < 4.78 is 0.956. The first-order valence-corrected chi connectivity index (χ1v) is 5.68. The van der Waals surface area contributed by atoms with Crippen LogP contribution in [-0.2, 0) is 0 Å². The Hall–Kier alpha value is -0.590. The molecular weight excluding hydrogens is 204 g/mol. The van der Waals surface area contributed by atoms with Crippen LogP contribution in [0.5, 0.6) is 0 Å². The SMILES string of the molecule is C=CCNc1nnc(SCCN)s1. The smallest absolute Gasteiger partial charge is 0.206 e. The molecule has 0 fully saturated rings. The second-order valence-electron chi connectivity index (χ2n) is 2.18. The van der Waals surface area contributed by atoms with Gasteiger partial charge in [0, 0.05) is 18.8 Å². The average molecular weight is 216 g/mol. The summed E-state index contributed by atoms with van der Waals surface area (Å²) in [6.07, 6.45) is 1.79. The van der Waals surface area contributed by atoms with Crippen molar-refractivity contribution in [2.75, 3.05) is 24.2 Å². The van der Waals surface area contributed by atoms with E-state index >= 15 is 0 Å².